The number of hydrogen-bond acceptors (Lipinski definition) is 2. The molecule has 0 saturated carbocycles. The fourth-order valence-electron chi connectivity index (χ4n) is 1.68. The van der Waals surface area contributed by atoms with Crippen LogP contribution in [0.3, 0.4) is 0 Å². The number of nitrogens with two attached hydrogens (primary N) is 1. The van der Waals surface area contributed by atoms with Gasteiger partial charge >= 0.3 is 0 Å². The van der Waals surface area contributed by atoms with Gasteiger partial charge in [0, 0.05) is 18.7 Å². The Hall–Kier alpha value is -1.56. The van der Waals surface area contributed by atoms with Gasteiger partial charge in [-0.3, -0.25) is 4.79 Å². The lowest BCUT2D eigenvalue weighted by atomic mass is 10.2. The monoisotopic (exact) mass is 230 g/mol. The highest BCUT2D eigenvalue weighted by atomic mass is 19.2. The second-order valence-electron chi connectivity index (χ2n) is 3.61. The van der Waals surface area contributed by atoms with Crippen LogP contribution in [0.4, 0.5) is 18.9 Å². The normalized spacial score (nSPS) is 20.6. The molecule has 2 N–H and O–H groups in total. The van der Waals surface area contributed by atoms with Crippen molar-refractivity contribution >= 4 is 11.6 Å². The lowest BCUT2D eigenvalue weighted by Crippen LogP contribution is -2.34. The largest absolute Gasteiger partial charge is 0.320 e. The predicted octanol–water partition coefficient (Wildman–Crippen LogP) is 1.17. The fourth-order valence-corrected chi connectivity index (χ4v) is 1.68. The molecule has 16 heavy (non-hydrogen) atoms. The molecule has 1 unspecified atom stereocenters. The van der Waals surface area contributed by atoms with Crippen molar-refractivity contribution in [1.82, 2.24) is 0 Å². The average Bonchev–Trinajstić information content (AvgIpc) is 2.54. The second-order valence-corrected chi connectivity index (χ2v) is 3.61. The van der Waals surface area contributed by atoms with Gasteiger partial charge in [-0.15, -0.1) is 0 Å². The number of carbonyl (C=O) groups is 1. The molecule has 1 aliphatic rings. The minimum atomic E-state index is -1.32. The minimum absolute atomic E-state index is 0.166. The molecule has 0 spiro atoms. The van der Waals surface area contributed by atoms with Gasteiger partial charge in [0.25, 0.3) is 0 Å². The van der Waals surface area contributed by atoms with Crippen LogP contribution >= 0.6 is 0 Å². The number of rotatable bonds is 1. The number of halogens is 3. The van der Waals surface area contributed by atoms with Crippen LogP contribution < -0.4 is 10.6 Å². The van der Waals surface area contributed by atoms with E-state index in [9.17, 15) is 18.0 Å². The summed E-state index contributed by atoms with van der Waals surface area (Å²) in [7, 11) is 0. The van der Waals surface area contributed by atoms with Gasteiger partial charge in [0.15, 0.2) is 11.6 Å². The molecule has 1 saturated heterocycles. The Bertz CT molecular complexity index is 450. The van der Waals surface area contributed by atoms with Crippen molar-refractivity contribution in [2.45, 2.75) is 12.5 Å². The summed E-state index contributed by atoms with van der Waals surface area (Å²) in [6, 6.07) is 0.485. The Morgan fingerprint density at radius 3 is 2.56 bits per heavy atom. The summed E-state index contributed by atoms with van der Waals surface area (Å²) in [5.41, 5.74) is 5.04. The maximum atomic E-state index is 13.4. The third-order valence-electron chi connectivity index (χ3n) is 2.51. The van der Waals surface area contributed by atoms with E-state index in [1.807, 2.05) is 0 Å². The molecule has 3 nitrogen and oxygen atoms in total. The summed E-state index contributed by atoms with van der Waals surface area (Å²) in [6.07, 6.45) is 0.344. The van der Waals surface area contributed by atoms with Gasteiger partial charge in [-0.25, -0.2) is 13.2 Å². The van der Waals surface area contributed by atoms with E-state index in [1.54, 1.807) is 0 Å². The molecular formula is C10H9F3N2O. The lowest BCUT2D eigenvalue weighted by Gasteiger charge is -2.17. The molecule has 0 radical (unpaired) electrons. The number of carbonyl (C=O) groups excluding carboxylic acids is 1. The molecule has 0 aromatic heterocycles. The molecule has 1 aliphatic heterocycles. The topological polar surface area (TPSA) is 46.3 Å². The Morgan fingerprint density at radius 2 is 2.00 bits per heavy atom. The van der Waals surface area contributed by atoms with Crippen molar-refractivity contribution in [2.24, 2.45) is 5.73 Å². The zero-order chi connectivity index (χ0) is 11.9. The standard InChI is InChI=1S/C10H9F3N2O/c11-5-3-6(12)9(13)8(4-5)15-2-1-7(14)10(15)16/h3-4,7H,1-2,14H2. The molecule has 6 heteroatoms. The highest BCUT2D eigenvalue weighted by molar-refractivity contribution is 5.99. The van der Waals surface area contributed by atoms with Crippen molar-refractivity contribution in [3.05, 3.63) is 29.6 Å². The number of benzene rings is 1. The van der Waals surface area contributed by atoms with Gasteiger partial charge in [-0.05, 0) is 6.42 Å². The summed E-state index contributed by atoms with van der Waals surface area (Å²) in [5.74, 6) is -4.00. The van der Waals surface area contributed by atoms with Gasteiger partial charge in [-0.2, -0.15) is 0 Å². The van der Waals surface area contributed by atoms with E-state index in [1.165, 1.54) is 0 Å². The zero-order valence-corrected chi connectivity index (χ0v) is 8.21. The molecular weight excluding hydrogens is 221 g/mol. The van der Waals surface area contributed by atoms with Crippen LogP contribution in [-0.4, -0.2) is 18.5 Å². The summed E-state index contributed by atoms with van der Waals surface area (Å²) < 4.78 is 39.2. The van der Waals surface area contributed by atoms with Gasteiger partial charge < -0.3 is 10.6 Å². The van der Waals surface area contributed by atoms with E-state index in [2.05, 4.69) is 0 Å². The SMILES string of the molecule is NC1CCN(c2cc(F)cc(F)c2F)C1=O. The Kier molecular flexibility index (Phi) is 2.59. The Balaban J connectivity index is 2.45. The maximum absolute atomic E-state index is 13.4. The molecule has 0 bridgehead atoms. The summed E-state index contributed by atoms with van der Waals surface area (Å²) in [6.45, 7) is 0.166. The first kappa shape index (κ1) is 10.9. The molecule has 0 aliphatic carbocycles. The maximum Gasteiger partial charge on any atom is 0.244 e. The van der Waals surface area contributed by atoms with Crippen molar-refractivity contribution in [1.29, 1.82) is 0 Å². The van der Waals surface area contributed by atoms with Crippen LogP contribution in [0.25, 0.3) is 0 Å². The summed E-state index contributed by atoms with van der Waals surface area (Å²) in [4.78, 5) is 12.4. The van der Waals surface area contributed by atoms with Crippen LogP contribution in [0.15, 0.2) is 12.1 Å². The zero-order valence-electron chi connectivity index (χ0n) is 8.21. The van der Waals surface area contributed by atoms with E-state index < -0.39 is 35.1 Å². The quantitative estimate of drug-likeness (QED) is 0.736. The first-order valence-corrected chi connectivity index (χ1v) is 4.72. The van der Waals surface area contributed by atoms with Crippen molar-refractivity contribution in [3.63, 3.8) is 0 Å². The first-order valence-electron chi connectivity index (χ1n) is 4.72. The highest BCUT2D eigenvalue weighted by Crippen LogP contribution is 2.26. The minimum Gasteiger partial charge on any atom is -0.320 e. The third kappa shape index (κ3) is 1.65. The van der Waals surface area contributed by atoms with E-state index >= 15 is 0 Å². The van der Waals surface area contributed by atoms with Gasteiger partial charge in [0.05, 0.1) is 11.7 Å². The molecule has 86 valence electrons. The van der Waals surface area contributed by atoms with Crippen LogP contribution in [0.1, 0.15) is 6.42 Å². The van der Waals surface area contributed by atoms with Gasteiger partial charge in [0.2, 0.25) is 5.91 Å². The Labute approximate surface area is 89.6 Å². The van der Waals surface area contributed by atoms with E-state index in [-0.39, 0.29) is 6.54 Å². The third-order valence-corrected chi connectivity index (χ3v) is 2.51. The van der Waals surface area contributed by atoms with E-state index in [4.69, 9.17) is 5.73 Å². The average molecular weight is 230 g/mol. The van der Waals surface area contributed by atoms with Crippen molar-refractivity contribution < 1.29 is 18.0 Å². The van der Waals surface area contributed by atoms with E-state index in [0.29, 0.717) is 12.5 Å². The second kappa shape index (κ2) is 3.79. The van der Waals surface area contributed by atoms with Crippen LogP contribution in [0.2, 0.25) is 0 Å². The summed E-state index contributed by atoms with van der Waals surface area (Å²) in [5, 5.41) is 0. The molecule has 2 rings (SSSR count). The molecule has 1 atom stereocenters. The number of amides is 1. The predicted molar refractivity (Wildman–Crippen MR) is 51.3 cm³/mol. The van der Waals surface area contributed by atoms with E-state index in [0.717, 1.165) is 11.0 Å². The number of anilines is 1. The Morgan fingerprint density at radius 1 is 1.31 bits per heavy atom. The molecule has 1 heterocycles. The molecule has 1 aromatic rings. The number of nitrogens with zero attached hydrogens (tertiary/aromatic N) is 1. The first-order chi connectivity index (χ1) is 7.50. The fraction of sp³-hybridized carbons (Fsp3) is 0.300. The van der Waals surface area contributed by atoms with Gasteiger partial charge in [-0.1, -0.05) is 0 Å². The smallest absolute Gasteiger partial charge is 0.244 e. The van der Waals surface area contributed by atoms with Crippen molar-refractivity contribution in [2.75, 3.05) is 11.4 Å². The van der Waals surface area contributed by atoms with Gasteiger partial charge in [0.1, 0.15) is 5.82 Å². The number of hydrogen-bond donors (Lipinski definition) is 1. The lowest BCUT2D eigenvalue weighted by molar-refractivity contribution is -0.118. The van der Waals surface area contributed by atoms with Crippen molar-refractivity contribution in [3.8, 4) is 0 Å². The highest BCUT2D eigenvalue weighted by Gasteiger charge is 2.32. The van der Waals surface area contributed by atoms with Crippen LogP contribution in [-0.2, 0) is 4.79 Å². The van der Waals surface area contributed by atoms with Crippen LogP contribution in [0, 0.1) is 17.5 Å². The summed E-state index contributed by atoms with van der Waals surface area (Å²) >= 11 is 0. The molecule has 1 aromatic carbocycles. The molecule has 1 fully saturated rings. The molecule has 1 amide bonds. The van der Waals surface area contributed by atoms with Crippen LogP contribution in [0.5, 0.6) is 0 Å².